The third-order valence-electron chi connectivity index (χ3n) is 5.10. The maximum atomic E-state index is 13.2. The molecule has 152 valence electrons. The maximum Gasteiger partial charge on any atom is 0.256 e. The van der Waals surface area contributed by atoms with E-state index >= 15 is 0 Å². The van der Waals surface area contributed by atoms with E-state index in [2.05, 4.69) is 11.1 Å². The average Bonchev–Trinajstić information content (AvgIpc) is 2.77. The van der Waals surface area contributed by atoms with Gasteiger partial charge in [0.2, 0.25) is 11.6 Å². The fraction of sp³-hybridized carbons (Fsp3) is 0.182. The normalized spacial score (nSPS) is 15.2. The number of aromatic amines is 1. The van der Waals surface area contributed by atoms with Gasteiger partial charge in [0.05, 0.1) is 43.7 Å². The number of nitrogens with one attached hydrogen (secondary N) is 1. The molecule has 1 aromatic heterocycles. The number of hydrogen-bond acceptors (Lipinski definition) is 7. The molecule has 0 spiro atoms. The summed E-state index contributed by atoms with van der Waals surface area (Å²) in [6.45, 7) is 0. The fourth-order valence-electron chi connectivity index (χ4n) is 3.83. The molecular weight excluding hydrogens is 386 g/mol. The molecule has 0 saturated heterocycles. The van der Waals surface area contributed by atoms with Crippen LogP contribution in [0.25, 0.3) is 10.9 Å². The number of aromatic nitrogens is 1. The van der Waals surface area contributed by atoms with Crippen molar-refractivity contribution in [2.24, 2.45) is 5.73 Å². The van der Waals surface area contributed by atoms with Crippen molar-refractivity contribution >= 4 is 10.9 Å². The molecule has 0 unspecified atom stereocenters. The molecule has 0 aliphatic carbocycles. The Morgan fingerprint density at radius 2 is 1.80 bits per heavy atom. The Bertz CT molecular complexity index is 1270. The van der Waals surface area contributed by atoms with Gasteiger partial charge in [-0.15, -0.1) is 0 Å². The zero-order valence-electron chi connectivity index (χ0n) is 16.6. The van der Waals surface area contributed by atoms with Gasteiger partial charge in [-0.05, 0) is 5.56 Å². The van der Waals surface area contributed by atoms with Gasteiger partial charge in [-0.1, -0.05) is 30.3 Å². The molecule has 0 bridgehead atoms. The van der Waals surface area contributed by atoms with E-state index in [9.17, 15) is 10.1 Å². The average molecular weight is 405 g/mol. The second kappa shape index (κ2) is 7.37. The number of rotatable bonds is 4. The Hall–Kier alpha value is -4.12. The van der Waals surface area contributed by atoms with Gasteiger partial charge >= 0.3 is 0 Å². The van der Waals surface area contributed by atoms with Crippen molar-refractivity contribution in [2.75, 3.05) is 21.3 Å². The summed E-state index contributed by atoms with van der Waals surface area (Å²) in [7, 11) is 4.45. The molecule has 0 fully saturated rings. The Morgan fingerprint density at radius 3 is 2.40 bits per heavy atom. The molecule has 4 rings (SSSR count). The molecule has 2 aromatic carbocycles. The zero-order valence-corrected chi connectivity index (χ0v) is 16.6. The Labute approximate surface area is 172 Å². The molecule has 0 amide bonds. The number of nitriles is 1. The maximum absolute atomic E-state index is 13.2. The van der Waals surface area contributed by atoms with E-state index in [0.29, 0.717) is 28.2 Å². The number of pyridine rings is 1. The molecule has 0 saturated carbocycles. The number of H-pyrrole nitrogens is 1. The highest BCUT2D eigenvalue weighted by molar-refractivity contribution is 5.97. The van der Waals surface area contributed by atoms with Crippen LogP contribution in [0.15, 0.2) is 52.6 Å². The summed E-state index contributed by atoms with van der Waals surface area (Å²) in [4.78, 5) is 16.0. The van der Waals surface area contributed by atoms with Gasteiger partial charge in [0, 0.05) is 6.07 Å². The second-order valence-electron chi connectivity index (χ2n) is 6.60. The van der Waals surface area contributed by atoms with Gasteiger partial charge in [-0.25, -0.2) is 0 Å². The summed E-state index contributed by atoms with van der Waals surface area (Å²) in [5, 5.41) is 10.2. The van der Waals surface area contributed by atoms with Crippen molar-refractivity contribution in [2.45, 2.75) is 5.92 Å². The van der Waals surface area contributed by atoms with E-state index < -0.39 is 11.5 Å². The predicted octanol–water partition coefficient (Wildman–Crippen LogP) is 2.77. The lowest BCUT2D eigenvalue weighted by Crippen LogP contribution is -2.28. The monoisotopic (exact) mass is 405 g/mol. The van der Waals surface area contributed by atoms with Crippen LogP contribution in [-0.4, -0.2) is 26.3 Å². The zero-order chi connectivity index (χ0) is 21.4. The molecule has 1 aliphatic rings. The number of fused-ring (bicyclic) bond motifs is 3. The van der Waals surface area contributed by atoms with Crippen molar-refractivity contribution in [3.05, 3.63) is 69.3 Å². The van der Waals surface area contributed by atoms with E-state index in [4.69, 9.17) is 24.7 Å². The summed E-state index contributed by atoms with van der Waals surface area (Å²) >= 11 is 0. The van der Waals surface area contributed by atoms with Crippen molar-refractivity contribution < 1.29 is 18.9 Å². The van der Waals surface area contributed by atoms with Gasteiger partial charge in [0.15, 0.2) is 17.2 Å². The minimum atomic E-state index is -0.689. The molecule has 8 heteroatoms. The van der Waals surface area contributed by atoms with Crippen molar-refractivity contribution in [1.82, 2.24) is 4.98 Å². The van der Waals surface area contributed by atoms with Crippen LogP contribution in [0, 0.1) is 11.3 Å². The first kappa shape index (κ1) is 19.2. The van der Waals surface area contributed by atoms with Crippen LogP contribution < -0.4 is 30.2 Å². The number of nitrogens with two attached hydrogens (primary N) is 1. The molecule has 1 atom stereocenters. The number of methoxy groups -OCH3 is 3. The van der Waals surface area contributed by atoms with Crippen molar-refractivity contribution in [3.8, 4) is 29.1 Å². The summed E-state index contributed by atoms with van der Waals surface area (Å²) in [6, 6.07) is 12.9. The van der Waals surface area contributed by atoms with Crippen molar-refractivity contribution in [3.63, 3.8) is 0 Å². The lowest BCUT2D eigenvalue weighted by atomic mass is 9.83. The first-order chi connectivity index (χ1) is 14.5. The summed E-state index contributed by atoms with van der Waals surface area (Å²) in [5.74, 6) is 0.508. The van der Waals surface area contributed by atoms with E-state index in [-0.39, 0.29) is 22.8 Å². The molecule has 3 aromatic rings. The molecule has 30 heavy (non-hydrogen) atoms. The third-order valence-corrected chi connectivity index (χ3v) is 5.10. The van der Waals surface area contributed by atoms with Crippen LogP contribution in [0.3, 0.4) is 0 Å². The lowest BCUT2D eigenvalue weighted by Gasteiger charge is -2.27. The van der Waals surface area contributed by atoms with E-state index in [0.717, 1.165) is 5.56 Å². The second-order valence-corrected chi connectivity index (χ2v) is 6.60. The topological polar surface area (TPSA) is 120 Å². The molecule has 8 nitrogen and oxygen atoms in total. The molecule has 1 aliphatic heterocycles. The van der Waals surface area contributed by atoms with E-state index in [1.807, 2.05) is 30.3 Å². The summed E-state index contributed by atoms with van der Waals surface area (Å²) in [5.41, 5.74) is 7.31. The van der Waals surface area contributed by atoms with Gasteiger partial charge in [-0.2, -0.15) is 5.26 Å². The fourth-order valence-corrected chi connectivity index (χ4v) is 3.83. The van der Waals surface area contributed by atoms with E-state index in [1.165, 1.54) is 21.3 Å². The first-order valence-corrected chi connectivity index (χ1v) is 9.07. The number of nitrogens with zero attached hydrogens (tertiary/aromatic N) is 1. The predicted molar refractivity (Wildman–Crippen MR) is 110 cm³/mol. The quantitative estimate of drug-likeness (QED) is 0.685. The molecule has 2 heterocycles. The van der Waals surface area contributed by atoms with Gasteiger partial charge in [-0.3, -0.25) is 4.79 Å². The third kappa shape index (κ3) is 2.71. The molecule has 0 radical (unpaired) electrons. The lowest BCUT2D eigenvalue weighted by molar-refractivity contribution is 0.325. The van der Waals surface area contributed by atoms with Crippen LogP contribution >= 0.6 is 0 Å². The van der Waals surface area contributed by atoms with Gasteiger partial charge in [0.25, 0.3) is 5.56 Å². The molecular formula is C22H19N3O5. The SMILES string of the molecule is COc1cc2[nH]c(=O)c3c(c2c(OC)c1OC)OC(N)=C(C#N)[C@H]3c1ccccc1. The number of allylic oxidation sites excluding steroid dienone is 1. The minimum Gasteiger partial charge on any atom is -0.493 e. The Balaban J connectivity index is 2.15. The van der Waals surface area contributed by atoms with Gasteiger partial charge < -0.3 is 29.7 Å². The highest BCUT2D eigenvalue weighted by Crippen LogP contribution is 2.50. The van der Waals surface area contributed by atoms with Crippen molar-refractivity contribution in [1.29, 1.82) is 5.26 Å². The van der Waals surface area contributed by atoms with Crippen LogP contribution in [0.4, 0.5) is 0 Å². The molecule has 3 N–H and O–H groups in total. The van der Waals surface area contributed by atoms with Crippen LogP contribution in [-0.2, 0) is 0 Å². The first-order valence-electron chi connectivity index (χ1n) is 9.07. The van der Waals surface area contributed by atoms with Crippen LogP contribution in [0.5, 0.6) is 23.0 Å². The Morgan fingerprint density at radius 1 is 1.10 bits per heavy atom. The highest BCUT2D eigenvalue weighted by atomic mass is 16.5. The number of ether oxygens (including phenoxy) is 4. The van der Waals surface area contributed by atoms with Gasteiger partial charge in [0.1, 0.15) is 11.6 Å². The number of hydrogen-bond donors (Lipinski definition) is 2. The van der Waals surface area contributed by atoms with Crippen LogP contribution in [0.2, 0.25) is 0 Å². The largest absolute Gasteiger partial charge is 0.493 e. The minimum absolute atomic E-state index is 0.0670. The standard InChI is InChI=1S/C22H19N3O5/c1-27-14-9-13-16(20(29-3)18(14)28-2)19-17(22(26)25-13)15(11-7-5-4-6-8-11)12(10-23)21(24)30-19/h4-9,15H,24H2,1-3H3,(H,25,26)/t15-/m1/s1. The Kier molecular flexibility index (Phi) is 4.72. The van der Waals surface area contributed by atoms with Crippen LogP contribution in [0.1, 0.15) is 17.0 Å². The summed E-state index contributed by atoms with van der Waals surface area (Å²) in [6.07, 6.45) is 0. The van der Waals surface area contributed by atoms with E-state index in [1.54, 1.807) is 6.07 Å². The number of benzene rings is 2. The smallest absolute Gasteiger partial charge is 0.256 e. The highest BCUT2D eigenvalue weighted by Gasteiger charge is 2.36. The summed E-state index contributed by atoms with van der Waals surface area (Å²) < 4.78 is 22.3.